The Kier molecular flexibility index (Phi) is 4.34. The van der Waals surface area contributed by atoms with Crippen molar-refractivity contribution in [1.29, 1.82) is 0 Å². The Morgan fingerprint density at radius 2 is 2.04 bits per heavy atom. The predicted octanol–water partition coefficient (Wildman–Crippen LogP) is 3.79. The van der Waals surface area contributed by atoms with E-state index in [0.29, 0.717) is 22.4 Å². The van der Waals surface area contributed by atoms with E-state index in [1.165, 1.54) is 11.8 Å². The number of carbonyl (C=O) groups is 1. The number of nitrogens with one attached hydrogen (secondary N) is 1. The van der Waals surface area contributed by atoms with E-state index in [1.54, 1.807) is 13.2 Å². The Bertz CT molecular complexity index is 882. The van der Waals surface area contributed by atoms with Crippen LogP contribution in [-0.2, 0) is 4.79 Å². The number of amidine groups is 1. The van der Waals surface area contributed by atoms with Crippen LogP contribution in [0.25, 0.3) is 0 Å². The molecular formula is C18H16N2O5S. The van der Waals surface area contributed by atoms with Gasteiger partial charge in [-0.1, -0.05) is 11.8 Å². The van der Waals surface area contributed by atoms with Gasteiger partial charge < -0.3 is 24.6 Å². The van der Waals surface area contributed by atoms with Crippen LogP contribution in [0.2, 0.25) is 0 Å². The number of benzene rings is 2. The number of ether oxygens (including phenoxy) is 3. The first kappa shape index (κ1) is 16.6. The molecule has 0 spiro atoms. The van der Waals surface area contributed by atoms with E-state index in [1.807, 2.05) is 30.3 Å². The molecule has 0 radical (unpaired) electrons. The summed E-state index contributed by atoms with van der Waals surface area (Å²) in [6, 6.07) is 11.1. The van der Waals surface area contributed by atoms with Gasteiger partial charge in [0.15, 0.2) is 16.7 Å². The predicted molar refractivity (Wildman–Crippen MR) is 98.9 cm³/mol. The number of hydrogen-bond acceptors (Lipinski definition) is 7. The van der Waals surface area contributed by atoms with Gasteiger partial charge in [-0.15, -0.1) is 0 Å². The van der Waals surface area contributed by atoms with Gasteiger partial charge in [-0.25, -0.2) is 4.99 Å². The first-order valence-corrected chi connectivity index (χ1v) is 8.82. The lowest BCUT2D eigenvalue weighted by atomic mass is 10.1. The summed E-state index contributed by atoms with van der Waals surface area (Å²) >= 11 is 1.38. The summed E-state index contributed by atoms with van der Waals surface area (Å²) in [5.74, 6) is 1.14. The molecule has 0 amide bonds. The molecule has 0 saturated carbocycles. The first-order chi connectivity index (χ1) is 12.6. The average molecular weight is 372 g/mol. The number of nitrogens with zero attached hydrogens (tertiary/aromatic N) is 1. The van der Waals surface area contributed by atoms with Crippen molar-refractivity contribution in [3.8, 4) is 17.2 Å². The zero-order valence-corrected chi connectivity index (χ0v) is 14.7. The highest BCUT2D eigenvalue weighted by molar-refractivity contribution is 8.14. The average Bonchev–Trinajstić information content (AvgIpc) is 3.07. The third kappa shape index (κ3) is 3.28. The van der Waals surface area contributed by atoms with E-state index in [4.69, 9.17) is 14.2 Å². The molecule has 134 valence electrons. The molecule has 1 unspecified atom stereocenters. The van der Waals surface area contributed by atoms with E-state index in [-0.39, 0.29) is 18.5 Å². The van der Waals surface area contributed by atoms with Crippen LogP contribution in [0.3, 0.4) is 0 Å². The van der Waals surface area contributed by atoms with E-state index >= 15 is 0 Å². The van der Waals surface area contributed by atoms with Crippen molar-refractivity contribution in [2.45, 2.75) is 11.7 Å². The van der Waals surface area contributed by atoms with Gasteiger partial charge in [0.25, 0.3) is 0 Å². The van der Waals surface area contributed by atoms with Gasteiger partial charge in [0.2, 0.25) is 6.79 Å². The topological polar surface area (TPSA) is 89.4 Å². The van der Waals surface area contributed by atoms with Gasteiger partial charge in [0.05, 0.1) is 24.5 Å². The molecule has 26 heavy (non-hydrogen) atoms. The highest BCUT2D eigenvalue weighted by Crippen LogP contribution is 2.48. The summed E-state index contributed by atoms with van der Waals surface area (Å²) in [6.45, 7) is 0.162. The van der Waals surface area contributed by atoms with E-state index in [0.717, 1.165) is 17.0 Å². The minimum atomic E-state index is -0.864. The summed E-state index contributed by atoms with van der Waals surface area (Å²) < 4.78 is 16.0. The van der Waals surface area contributed by atoms with Gasteiger partial charge >= 0.3 is 5.97 Å². The van der Waals surface area contributed by atoms with Crippen LogP contribution in [0.4, 0.5) is 11.4 Å². The van der Waals surface area contributed by atoms with Crippen molar-refractivity contribution in [3.05, 3.63) is 42.0 Å². The second-order valence-electron chi connectivity index (χ2n) is 5.74. The summed E-state index contributed by atoms with van der Waals surface area (Å²) in [5, 5.41) is 12.9. The van der Waals surface area contributed by atoms with Crippen molar-refractivity contribution in [2.75, 3.05) is 19.2 Å². The fourth-order valence-corrected chi connectivity index (χ4v) is 3.94. The number of fused-ring (bicyclic) bond motifs is 2. The van der Waals surface area contributed by atoms with Crippen LogP contribution in [0.15, 0.2) is 41.4 Å². The molecule has 4 rings (SSSR count). The monoisotopic (exact) mass is 372 g/mol. The molecule has 0 bridgehead atoms. The third-order valence-electron chi connectivity index (χ3n) is 4.05. The number of anilines is 1. The number of aliphatic imine (C=N–C) groups is 1. The molecule has 0 fully saturated rings. The first-order valence-electron chi connectivity index (χ1n) is 7.94. The normalized spacial score (nSPS) is 17.3. The molecule has 8 heteroatoms. The highest BCUT2D eigenvalue weighted by Gasteiger charge is 2.29. The van der Waals surface area contributed by atoms with Crippen LogP contribution in [0.5, 0.6) is 17.2 Å². The van der Waals surface area contributed by atoms with Crippen LogP contribution in [-0.4, -0.2) is 30.1 Å². The maximum Gasteiger partial charge on any atom is 0.304 e. The molecule has 2 aliphatic heterocycles. The minimum absolute atomic E-state index is 0.0133. The Morgan fingerprint density at radius 3 is 2.73 bits per heavy atom. The largest absolute Gasteiger partial charge is 0.497 e. The van der Waals surface area contributed by atoms with Crippen molar-refractivity contribution in [1.82, 2.24) is 0 Å². The van der Waals surface area contributed by atoms with Crippen molar-refractivity contribution >= 4 is 34.3 Å². The van der Waals surface area contributed by atoms with Crippen LogP contribution >= 0.6 is 11.8 Å². The Balaban J connectivity index is 1.66. The molecule has 7 nitrogen and oxygen atoms in total. The van der Waals surface area contributed by atoms with Crippen LogP contribution < -0.4 is 19.5 Å². The van der Waals surface area contributed by atoms with Crippen molar-refractivity contribution < 1.29 is 24.1 Å². The van der Waals surface area contributed by atoms with Gasteiger partial charge in [-0.2, -0.15) is 0 Å². The zero-order chi connectivity index (χ0) is 18.1. The van der Waals surface area contributed by atoms with Crippen molar-refractivity contribution in [2.24, 2.45) is 4.99 Å². The zero-order valence-electron chi connectivity index (χ0n) is 13.9. The maximum atomic E-state index is 11.3. The summed E-state index contributed by atoms with van der Waals surface area (Å²) in [6.07, 6.45) is -0.0133. The Labute approximate surface area is 154 Å². The molecular weight excluding hydrogens is 356 g/mol. The standard InChI is InChI=1S/C18H16N2O5S/c1-23-11-4-2-10(3-5-11)19-18-20-13-7-15-14(24-9-25-15)6-12(13)16(26-18)8-17(21)22/h2-7,16H,8-9H2,1H3,(H,19,20)(H,21,22). The fraction of sp³-hybridized carbons (Fsp3) is 0.222. The van der Waals surface area contributed by atoms with Crippen LogP contribution in [0.1, 0.15) is 17.2 Å². The fourth-order valence-electron chi connectivity index (χ4n) is 2.80. The van der Waals surface area contributed by atoms with Gasteiger partial charge in [-0.3, -0.25) is 4.79 Å². The molecule has 2 aliphatic rings. The second-order valence-corrected chi connectivity index (χ2v) is 6.93. The lowest BCUT2D eigenvalue weighted by Gasteiger charge is -2.24. The maximum absolute atomic E-state index is 11.3. The molecule has 0 aliphatic carbocycles. The second kappa shape index (κ2) is 6.80. The number of thioether (sulfide) groups is 1. The van der Waals surface area contributed by atoms with Gasteiger partial charge in [0.1, 0.15) is 5.75 Å². The lowest BCUT2D eigenvalue weighted by molar-refractivity contribution is -0.137. The molecule has 2 heterocycles. The molecule has 2 N–H and O–H groups in total. The van der Waals surface area contributed by atoms with E-state index in [2.05, 4.69) is 10.3 Å². The molecule has 0 saturated heterocycles. The van der Waals surface area contributed by atoms with E-state index < -0.39 is 5.97 Å². The number of carboxylic acids is 1. The molecule has 2 aromatic carbocycles. The lowest BCUT2D eigenvalue weighted by Crippen LogP contribution is -2.16. The number of rotatable bonds is 4. The quantitative estimate of drug-likeness (QED) is 0.844. The summed E-state index contributed by atoms with van der Waals surface area (Å²) in [4.78, 5) is 15.9. The summed E-state index contributed by atoms with van der Waals surface area (Å²) in [7, 11) is 1.61. The number of methoxy groups -OCH3 is 1. The Hall–Kier alpha value is -2.87. The van der Waals surface area contributed by atoms with E-state index in [9.17, 15) is 9.90 Å². The smallest absolute Gasteiger partial charge is 0.304 e. The highest BCUT2D eigenvalue weighted by atomic mass is 32.2. The Morgan fingerprint density at radius 1 is 1.31 bits per heavy atom. The molecule has 2 aromatic rings. The SMILES string of the molecule is COc1ccc(NC2=Nc3cc4c(cc3C(CC(=O)O)S2)OCO4)cc1. The molecule has 0 aromatic heterocycles. The minimum Gasteiger partial charge on any atom is -0.497 e. The number of hydrogen-bond donors (Lipinski definition) is 2. The third-order valence-corrected chi connectivity index (χ3v) is 5.17. The van der Waals surface area contributed by atoms with Crippen molar-refractivity contribution in [3.63, 3.8) is 0 Å². The number of aliphatic carboxylic acids is 1. The number of carboxylic acid groups (broad SMARTS) is 1. The van der Waals surface area contributed by atoms with Gasteiger partial charge in [0, 0.05) is 11.8 Å². The van der Waals surface area contributed by atoms with Gasteiger partial charge in [-0.05, 0) is 35.9 Å². The van der Waals surface area contributed by atoms with Crippen LogP contribution in [0, 0.1) is 0 Å². The molecule has 1 atom stereocenters. The summed E-state index contributed by atoms with van der Waals surface area (Å²) in [5.41, 5.74) is 2.37.